The molecule has 0 N–H and O–H groups in total. The lowest BCUT2D eigenvalue weighted by Crippen LogP contribution is -2.07. The molecule has 0 fully saturated rings. The Morgan fingerprint density at radius 3 is 2.72 bits per heavy atom. The SMILES string of the molecule is Cc1cc(CC(=O)c2ccc(Br)c(Cl)c2)n(C)n1. The summed E-state index contributed by atoms with van der Waals surface area (Å²) in [4.78, 5) is 12.1. The second-order valence-electron chi connectivity index (χ2n) is 4.13. The van der Waals surface area contributed by atoms with Crippen LogP contribution >= 0.6 is 27.5 Å². The molecule has 0 spiro atoms. The van der Waals surface area contributed by atoms with Gasteiger partial charge in [0.2, 0.25) is 0 Å². The number of nitrogens with zero attached hydrogens (tertiary/aromatic N) is 2. The fraction of sp³-hybridized carbons (Fsp3) is 0.231. The number of halogens is 2. The minimum absolute atomic E-state index is 0.0346. The molecule has 18 heavy (non-hydrogen) atoms. The monoisotopic (exact) mass is 326 g/mol. The number of carbonyl (C=O) groups is 1. The fourth-order valence-corrected chi connectivity index (χ4v) is 2.19. The van der Waals surface area contributed by atoms with Gasteiger partial charge in [0.1, 0.15) is 0 Å². The van der Waals surface area contributed by atoms with Crippen LogP contribution in [0.2, 0.25) is 5.02 Å². The molecule has 0 radical (unpaired) electrons. The molecule has 2 rings (SSSR count). The molecule has 1 aromatic heterocycles. The van der Waals surface area contributed by atoms with Gasteiger partial charge < -0.3 is 0 Å². The zero-order valence-electron chi connectivity index (χ0n) is 10.1. The maximum atomic E-state index is 12.1. The van der Waals surface area contributed by atoms with Crippen molar-refractivity contribution >= 4 is 33.3 Å². The van der Waals surface area contributed by atoms with Crippen LogP contribution in [0.3, 0.4) is 0 Å². The van der Waals surface area contributed by atoms with Gasteiger partial charge in [0, 0.05) is 22.8 Å². The molecule has 0 unspecified atom stereocenters. The average Bonchev–Trinajstić information content (AvgIpc) is 2.61. The summed E-state index contributed by atoms with van der Waals surface area (Å²) in [5.41, 5.74) is 2.42. The van der Waals surface area contributed by atoms with E-state index in [2.05, 4.69) is 21.0 Å². The molecule has 0 bridgehead atoms. The maximum Gasteiger partial charge on any atom is 0.168 e. The van der Waals surface area contributed by atoms with Gasteiger partial charge in [-0.25, -0.2) is 0 Å². The van der Waals surface area contributed by atoms with E-state index in [1.807, 2.05) is 20.0 Å². The molecule has 94 valence electrons. The van der Waals surface area contributed by atoms with Crippen molar-refractivity contribution in [2.45, 2.75) is 13.3 Å². The Hall–Kier alpha value is -1.13. The highest BCUT2D eigenvalue weighted by molar-refractivity contribution is 9.10. The molecule has 1 aromatic carbocycles. The van der Waals surface area contributed by atoms with Crippen LogP contribution in [0.15, 0.2) is 28.7 Å². The first kappa shape index (κ1) is 13.3. The molecule has 0 saturated carbocycles. The van der Waals surface area contributed by atoms with E-state index in [9.17, 15) is 4.79 Å². The van der Waals surface area contributed by atoms with Crippen molar-refractivity contribution in [3.63, 3.8) is 0 Å². The third-order valence-corrected chi connectivity index (χ3v) is 3.91. The summed E-state index contributed by atoms with van der Waals surface area (Å²) in [6.07, 6.45) is 0.329. The Kier molecular flexibility index (Phi) is 3.88. The van der Waals surface area contributed by atoms with Crippen LogP contribution in [0.25, 0.3) is 0 Å². The molecule has 0 amide bonds. The number of hydrogen-bond donors (Lipinski definition) is 0. The summed E-state index contributed by atoms with van der Waals surface area (Å²) in [5, 5.41) is 4.76. The summed E-state index contributed by atoms with van der Waals surface area (Å²) in [6.45, 7) is 1.91. The third-order valence-electron chi connectivity index (χ3n) is 2.68. The number of Topliss-reactive ketones (excluding diaryl/α,β-unsaturated/α-hetero) is 1. The quantitative estimate of drug-likeness (QED) is 0.808. The standard InChI is InChI=1S/C13H12BrClN2O/c1-8-5-10(17(2)16-8)7-13(18)9-3-4-11(14)12(15)6-9/h3-6H,7H2,1-2H3. The van der Waals surface area contributed by atoms with Gasteiger partial charge in [-0.3, -0.25) is 9.48 Å². The van der Waals surface area contributed by atoms with Crippen LogP contribution in [-0.2, 0) is 13.5 Å². The Balaban J connectivity index is 2.22. The molecule has 0 aliphatic rings. The van der Waals surface area contributed by atoms with Crippen molar-refractivity contribution in [2.75, 3.05) is 0 Å². The Morgan fingerprint density at radius 2 is 2.17 bits per heavy atom. The van der Waals surface area contributed by atoms with E-state index in [1.54, 1.807) is 22.9 Å². The zero-order valence-corrected chi connectivity index (χ0v) is 12.4. The van der Waals surface area contributed by atoms with Gasteiger partial charge in [0.15, 0.2) is 5.78 Å². The second-order valence-corrected chi connectivity index (χ2v) is 5.39. The van der Waals surface area contributed by atoms with E-state index < -0.39 is 0 Å². The van der Waals surface area contributed by atoms with E-state index in [0.29, 0.717) is 17.0 Å². The molecular weight excluding hydrogens is 316 g/mol. The average molecular weight is 328 g/mol. The van der Waals surface area contributed by atoms with Gasteiger partial charge in [-0.05, 0) is 41.1 Å². The number of ketones is 1. The first-order valence-electron chi connectivity index (χ1n) is 5.45. The lowest BCUT2D eigenvalue weighted by molar-refractivity contribution is 0.0990. The van der Waals surface area contributed by atoms with Crippen molar-refractivity contribution < 1.29 is 4.79 Å². The second kappa shape index (κ2) is 5.24. The molecule has 3 nitrogen and oxygen atoms in total. The Labute approximate surface area is 119 Å². The number of rotatable bonds is 3. The van der Waals surface area contributed by atoms with Crippen LogP contribution in [0.5, 0.6) is 0 Å². The Bertz CT molecular complexity index is 607. The lowest BCUT2D eigenvalue weighted by Gasteiger charge is -2.03. The van der Waals surface area contributed by atoms with Crippen molar-refractivity contribution in [2.24, 2.45) is 7.05 Å². The van der Waals surface area contributed by atoms with Crippen LogP contribution in [0, 0.1) is 6.92 Å². The van der Waals surface area contributed by atoms with Gasteiger partial charge >= 0.3 is 0 Å². The topological polar surface area (TPSA) is 34.9 Å². The normalized spacial score (nSPS) is 10.7. The van der Waals surface area contributed by atoms with Crippen LogP contribution in [-0.4, -0.2) is 15.6 Å². The van der Waals surface area contributed by atoms with E-state index in [0.717, 1.165) is 15.9 Å². The zero-order chi connectivity index (χ0) is 13.3. The largest absolute Gasteiger partial charge is 0.294 e. The van der Waals surface area contributed by atoms with Gasteiger partial charge in [-0.15, -0.1) is 0 Å². The number of aromatic nitrogens is 2. The van der Waals surface area contributed by atoms with E-state index in [1.165, 1.54) is 0 Å². The minimum atomic E-state index is 0.0346. The van der Waals surface area contributed by atoms with Crippen molar-refractivity contribution in [3.8, 4) is 0 Å². The summed E-state index contributed by atoms with van der Waals surface area (Å²) in [7, 11) is 1.84. The molecule has 0 atom stereocenters. The molecule has 0 saturated heterocycles. The number of carbonyl (C=O) groups excluding carboxylic acids is 1. The predicted molar refractivity (Wildman–Crippen MR) is 75.1 cm³/mol. The van der Waals surface area contributed by atoms with Gasteiger partial charge in [-0.2, -0.15) is 5.10 Å². The van der Waals surface area contributed by atoms with Gasteiger partial charge in [-0.1, -0.05) is 17.7 Å². The number of aryl methyl sites for hydroxylation is 2. The van der Waals surface area contributed by atoms with Gasteiger partial charge in [0.05, 0.1) is 17.1 Å². The Morgan fingerprint density at radius 1 is 1.44 bits per heavy atom. The molecule has 0 aliphatic heterocycles. The highest BCUT2D eigenvalue weighted by atomic mass is 79.9. The summed E-state index contributed by atoms with van der Waals surface area (Å²) < 4.78 is 2.52. The minimum Gasteiger partial charge on any atom is -0.294 e. The van der Waals surface area contributed by atoms with E-state index in [4.69, 9.17) is 11.6 Å². The molecular formula is C13H12BrClN2O. The van der Waals surface area contributed by atoms with Crippen LogP contribution in [0.1, 0.15) is 21.7 Å². The van der Waals surface area contributed by atoms with Crippen LogP contribution in [0.4, 0.5) is 0 Å². The van der Waals surface area contributed by atoms with E-state index >= 15 is 0 Å². The maximum absolute atomic E-state index is 12.1. The van der Waals surface area contributed by atoms with Gasteiger partial charge in [0.25, 0.3) is 0 Å². The molecule has 5 heteroatoms. The van der Waals surface area contributed by atoms with E-state index in [-0.39, 0.29) is 5.78 Å². The summed E-state index contributed by atoms with van der Waals surface area (Å²) in [5.74, 6) is 0.0346. The highest BCUT2D eigenvalue weighted by Crippen LogP contribution is 2.23. The molecule has 0 aliphatic carbocycles. The predicted octanol–water partition coefficient (Wildman–Crippen LogP) is 3.57. The number of hydrogen-bond acceptors (Lipinski definition) is 2. The first-order valence-corrected chi connectivity index (χ1v) is 6.62. The lowest BCUT2D eigenvalue weighted by atomic mass is 10.1. The van der Waals surface area contributed by atoms with Crippen molar-refractivity contribution in [1.82, 2.24) is 9.78 Å². The highest BCUT2D eigenvalue weighted by Gasteiger charge is 2.12. The molecule has 1 heterocycles. The molecule has 2 aromatic rings. The third kappa shape index (κ3) is 2.82. The van der Waals surface area contributed by atoms with Crippen molar-refractivity contribution in [1.29, 1.82) is 0 Å². The smallest absolute Gasteiger partial charge is 0.168 e. The number of benzene rings is 1. The first-order chi connectivity index (χ1) is 8.47. The fourth-order valence-electron chi connectivity index (χ4n) is 1.77. The van der Waals surface area contributed by atoms with Crippen molar-refractivity contribution in [3.05, 3.63) is 50.7 Å². The van der Waals surface area contributed by atoms with Crippen LogP contribution < -0.4 is 0 Å². The summed E-state index contributed by atoms with van der Waals surface area (Å²) >= 11 is 9.28. The summed E-state index contributed by atoms with van der Waals surface area (Å²) in [6, 6.07) is 7.14.